The van der Waals surface area contributed by atoms with E-state index >= 15 is 0 Å². The Hall–Kier alpha value is -3.12. The van der Waals surface area contributed by atoms with Gasteiger partial charge in [0.05, 0.1) is 13.3 Å². The number of methoxy groups -OCH3 is 1. The second kappa shape index (κ2) is 10.7. The SMILES string of the molecule is CCCn1ncc(CN2CCC(C(=O)Nc3ccccc3-c3cccc(OC)c3)CC2)c1C. The number of carbonyl (C=O) groups is 1. The fourth-order valence-electron chi connectivity index (χ4n) is 4.54. The molecule has 3 aromatic rings. The number of likely N-dealkylation sites (tertiary alicyclic amines) is 1. The molecule has 0 atom stereocenters. The number of piperidine rings is 1. The van der Waals surface area contributed by atoms with Crippen molar-refractivity contribution in [3.8, 4) is 16.9 Å². The summed E-state index contributed by atoms with van der Waals surface area (Å²) in [5.41, 5.74) is 5.42. The third-order valence-electron chi connectivity index (χ3n) is 6.56. The van der Waals surface area contributed by atoms with Gasteiger partial charge >= 0.3 is 0 Å². The van der Waals surface area contributed by atoms with Crippen LogP contribution in [-0.4, -0.2) is 40.8 Å². The van der Waals surface area contributed by atoms with E-state index < -0.39 is 0 Å². The topological polar surface area (TPSA) is 59.4 Å². The number of carbonyl (C=O) groups excluding carboxylic acids is 1. The van der Waals surface area contributed by atoms with Gasteiger partial charge in [0.1, 0.15) is 5.75 Å². The van der Waals surface area contributed by atoms with Gasteiger partial charge in [-0.1, -0.05) is 37.3 Å². The zero-order chi connectivity index (χ0) is 23.2. The summed E-state index contributed by atoms with van der Waals surface area (Å²) in [6.45, 7) is 8.04. The van der Waals surface area contributed by atoms with Crippen LogP contribution in [0.3, 0.4) is 0 Å². The van der Waals surface area contributed by atoms with E-state index in [1.165, 1.54) is 11.3 Å². The predicted octanol–water partition coefficient (Wildman–Crippen LogP) is 5.13. The molecule has 0 radical (unpaired) electrons. The van der Waals surface area contributed by atoms with Gasteiger partial charge in [-0.2, -0.15) is 5.10 Å². The summed E-state index contributed by atoms with van der Waals surface area (Å²) in [5, 5.41) is 7.72. The number of nitrogens with one attached hydrogen (secondary N) is 1. The number of nitrogens with zero attached hydrogens (tertiary/aromatic N) is 3. The molecule has 0 saturated carbocycles. The van der Waals surface area contributed by atoms with Crippen LogP contribution in [0.4, 0.5) is 5.69 Å². The van der Waals surface area contributed by atoms with Crippen molar-refractivity contribution in [1.82, 2.24) is 14.7 Å². The second-order valence-electron chi connectivity index (χ2n) is 8.80. The second-order valence-corrected chi connectivity index (χ2v) is 8.80. The Morgan fingerprint density at radius 1 is 1.15 bits per heavy atom. The zero-order valence-electron chi connectivity index (χ0n) is 19.9. The van der Waals surface area contributed by atoms with Crippen molar-refractivity contribution in [2.75, 3.05) is 25.5 Å². The number of hydrogen-bond acceptors (Lipinski definition) is 4. The molecule has 6 heteroatoms. The number of benzene rings is 2. The van der Waals surface area contributed by atoms with Gasteiger partial charge in [-0.3, -0.25) is 14.4 Å². The molecule has 2 aromatic carbocycles. The number of amides is 1. The first-order valence-electron chi connectivity index (χ1n) is 11.9. The first kappa shape index (κ1) is 23.1. The molecule has 0 spiro atoms. The van der Waals surface area contributed by atoms with E-state index in [9.17, 15) is 4.79 Å². The van der Waals surface area contributed by atoms with E-state index in [0.717, 1.165) is 68.0 Å². The first-order chi connectivity index (χ1) is 16.1. The highest BCUT2D eigenvalue weighted by Gasteiger charge is 2.26. The lowest BCUT2D eigenvalue weighted by Gasteiger charge is -2.31. The first-order valence-corrected chi connectivity index (χ1v) is 11.9. The minimum absolute atomic E-state index is 0.0310. The van der Waals surface area contributed by atoms with E-state index in [2.05, 4.69) is 33.8 Å². The van der Waals surface area contributed by atoms with Crippen LogP contribution in [0.5, 0.6) is 5.75 Å². The highest BCUT2D eigenvalue weighted by molar-refractivity contribution is 5.96. The van der Waals surface area contributed by atoms with Gasteiger partial charge < -0.3 is 10.1 Å². The minimum Gasteiger partial charge on any atom is -0.497 e. The highest BCUT2D eigenvalue weighted by Crippen LogP contribution is 2.31. The number of aryl methyl sites for hydroxylation is 1. The van der Waals surface area contributed by atoms with Crippen molar-refractivity contribution >= 4 is 11.6 Å². The summed E-state index contributed by atoms with van der Waals surface area (Å²) in [5.74, 6) is 0.942. The van der Waals surface area contributed by atoms with Gasteiger partial charge in [0.2, 0.25) is 5.91 Å². The summed E-state index contributed by atoms with van der Waals surface area (Å²) in [7, 11) is 1.66. The Balaban J connectivity index is 1.36. The third-order valence-corrected chi connectivity index (χ3v) is 6.56. The Morgan fingerprint density at radius 3 is 2.70 bits per heavy atom. The number of ether oxygens (including phenoxy) is 1. The number of aromatic nitrogens is 2. The van der Waals surface area contributed by atoms with Crippen molar-refractivity contribution < 1.29 is 9.53 Å². The van der Waals surface area contributed by atoms with E-state index in [4.69, 9.17) is 4.74 Å². The smallest absolute Gasteiger partial charge is 0.227 e. The predicted molar refractivity (Wildman–Crippen MR) is 132 cm³/mol. The van der Waals surface area contributed by atoms with Crippen molar-refractivity contribution in [2.45, 2.75) is 46.2 Å². The largest absolute Gasteiger partial charge is 0.497 e. The van der Waals surface area contributed by atoms with Crippen LogP contribution < -0.4 is 10.1 Å². The Labute approximate surface area is 196 Å². The third kappa shape index (κ3) is 5.45. The van der Waals surface area contributed by atoms with E-state index in [0.29, 0.717) is 0 Å². The van der Waals surface area contributed by atoms with Crippen molar-refractivity contribution in [1.29, 1.82) is 0 Å². The van der Waals surface area contributed by atoms with Crippen LogP contribution in [0, 0.1) is 12.8 Å². The minimum atomic E-state index is 0.0310. The van der Waals surface area contributed by atoms with Crippen LogP contribution in [0.15, 0.2) is 54.7 Å². The quantitative estimate of drug-likeness (QED) is 0.521. The maximum atomic E-state index is 13.1. The molecular formula is C27H34N4O2. The van der Waals surface area contributed by atoms with Gasteiger partial charge in [-0.05, 0) is 63.0 Å². The molecule has 1 aromatic heterocycles. The normalized spacial score (nSPS) is 14.9. The Kier molecular flexibility index (Phi) is 7.45. The number of para-hydroxylation sites is 1. The molecule has 2 heterocycles. The lowest BCUT2D eigenvalue weighted by Crippen LogP contribution is -2.37. The summed E-state index contributed by atoms with van der Waals surface area (Å²) >= 11 is 0. The molecule has 1 aliphatic heterocycles. The van der Waals surface area contributed by atoms with Crippen LogP contribution in [0.2, 0.25) is 0 Å². The Morgan fingerprint density at radius 2 is 1.94 bits per heavy atom. The van der Waals surface area contributed by atoms with Crippen LogP contribution in [-0.2, 0) is 17.9 Å². The lowest BCUT2D eigenvalue weighted by molar-refractivity contribution is -0.121. The molecule has 0 aliphatic carbocycles. The molecule has 1 amide bonds. The monoisotopic (exact) mass is 446 g/mol. The number of rotatable bonds is 8. The summed E-state index contributed by atoms with van der Waals surface area (Å²) in [6, 6.07) is 15.9. The summed E-state index contributed by atoms with van der Waals surface area (Å²) < 4.78 is 7.46. The molecule has 4 rings (SSSR count). The fourth-order valence-corrected chi connectivity index (χ4v) is 4.54. The average Bonchev–Trinajstić information content (AvgIpc) is 3.19. The summed E-state index contributed by atoms with van der Waals surface area (Å²) in [4.78, 5) is 15.5. The maximum absolute atomic E-state index is 13.1. The van der Waals surface area contributed by atoms with Gasteiger partial charge in [0, 0.05) is 41.5 Å². The van der Waals surface area contributed by atoms with E-state index in [1.807, 2.05) is 54.7 Å². The standard InChI is InChI=1S/C27H34N4O2/c1-4-14-31-20(2)23(18-28-31)19-30-15-12-21(13-16-30)27(32)29-26-11-6-5-10-25(26)22-8-7-9-24(17-22)33-3/h5-11,17-18,21H,4,12-16,19H2,1-3H3,(H,29,32). The van der Waals surface area contributed by atoms with Crippen molar-refractivity contribution in [3.05, 3.63) is 66.0 Å². The molecule has 1 saturated heterocycles. The average molecular weight is 447 g/mol. The van der Waals surface area contributed by atoms with Crippen LogP contribution in [0.25, 0.3) is 11.1 Å². The number of anilines is 1. The fraction of sp³-hybridized carbons (Fsp3) is 0.407. The van der Waals surface area contributed by atoms with Crippen LogP contribution in [0.1, 0.15) is 37.4 Å². The maximum Gasteiger partial charge on any atom is 0.227 e. The molecule has 1 N–H and O–H groups in total. The molecule has 0 bridgehead atoms. The lowest BCUT2D eigenvalue weighted by atomic mass is 9.95. The highest BCUT2D eigenvalue weighted by atomic mass is 16.5. The van der Waals surface area contributed by atoms with E-state index in [1.54, 1.807) is 7.11 Å². The molecule has 0 unspecified atom stereocenters. The Bertz CT molecular complexity index is 1080. The molecule has 6 nitrogen and oxygen atoms in total. The van der Waals surface area contributed by atoms with Crippen LogP contribution >= 0.6 is 0 Å². The van der Waals surface area contributed by atoms with Crippen molar-refractivity contribution in [2.24, 2.45) is 5.92 Å². The zero-order valence-corrected chi connectivity index (χ0v) is 19.9. The van der Waals surface area contributed by atoms with Gasteiger partial charge in [0.25, 0.3) is 0 Å². The molecular weight excluding hydrogens is 412 g/mol. The molecule has 33 heavy (non-hydrogen) atoms. The van der Waals surface area contributed by atoms with E-state index in [-0.39, 0.29) is 11.8 Å². The van der Waals surface area contributed by atoms with Crippen molar-refractivity contribution in [3.63, 3.8) is 0 Å². The molecule has 174 valence electrons. The van der Waals surface area contributed by atoms with Gasteiger partial charge in [-0.15, -0.1) is 0 Å². The molecule has 1 fully saturated rings. The van der Waals surface area contributed by atoms with Gasteiger partial charge in [-0.25, -0.2) is 0 Å². The van der Waals surface area contributed by atoms with Gasteiger partial charge in [0.15, 0.2) is 0 Å². The summed E-state index contributed by atoms with van der Waals surface area (Å²) in [6.07, 6.45) is 4.83. The molecule has 1 aliphatic rings. The number of hydrogen-bond donors (Lipinski definition) is 1.